The third kappa shape index (κ3) is 4.06. The molecule has 3 N–H and O–H groups in total. The monoisotopic (exact) mass is 323 g/mol. The van der Waals surface area contributed by atoms with Crippen molar-refractivity contribution in [2.24, 2.45) is 0 Å². The zero-order chi connectivity index (χ0) is 13.8. The lowest BCUT2D eigenvalue weighted by molar-refractivity contribution is 0.222. The number of hydrogen-bond acceptors (Lipinski definition) is 6. The number of nitrogen functional groups attached to an aromatic ring is 1. The molecule has 0 aliphatic rings. The average molecular weight is 324 g/mol. The van der Waals surface area contributed by atoms with E-state index in [0.717, 1.165) is 10.2 Å². The molecule has 1 aromatic heterocycles. The first-order chi connectivity index (χ1) is 9.02. The molecular weight excluding hydrogens is 310 g/mol. The summed E-state index contributed by atoms with van der Waals surface area (Å²) in [5, 5.41) is 3.05. The van der Waals surface area contributed by atoms with E-state index in [1.807, 2.05) is 38.1 Å². The Morgan fingerprint density at radius 2 is 2.05 bits per heavy atom. The highest BCUT2D eigenvalue weighted by Crippen LogP contribution is 2.19. The van der Waals surface area contributed by atoms with Gasteiger partial charge in [0.2, 0.25) is 11.9 Å². The first kappa shape index (κ1) is 13.5. The highest BCUT2D eigenvalue weighted by atomic mass is 79.9. The standard InChI is InChI=1S/C12H14BrN5O/c1-7(2)19-12-17-10(14)16-11(18-12)15-9-5-3-4-8(13)6-9/h3-7H,1-2H3,(H3,14,15,16,17,18). The van der Waals surface area contributed by atoms with Gasteiger partial charge in [0.05, 0.1) is 6.10 Å². The number of nitrogens with two attached hydrogens (primary N) is 1. The molecule has 2 rings (SSSR count). The molecule has 7 heteroatoms. The van der Waals surface area contributed by atoms with Gasteiger partial charge in [-0.05, 0) is 32.0 Å². The van der Waals surface area contributed by atoms with Crippen molar-refractivity contribution >= 4 is 33.5 Å². The number of hydrogen-bond donors (Lipinski definition) is 2. The van der Waals surface area contributed by atoms with E-state index in [1.165, 1.54) is 0 Å². The molecule has 0 amide bonds. The molecule has 0 aliphatic carbocycles. The van der Waals surface area contributed by atoms with Crippen LogP contribution in [0.5, 0.6) is 6.01 Å². The molecule has 1 aromatic carbocycles. The maximum atomic E-state index is 5.63. The molecule has 19 heavy (non-hydrogen) atoms. The summed E-state index contributed by atoms with van der Waals surface area (Å²) in [6.07, 6.45) is -0.0273. The van der Waals surface area contributed by atoms with Crippen LogP contribution in [0, 0.1) is 0 Å². The van der Waals surface area contributed by atoms with Crippen molar-refractivity contribution in [3.8, 4) is 6.01 Å². The van der Waals surface area contributed by atoms with Crippen LogP contribution < -0.4 is 15.8 Å². The molecule has 1 heterocycles. The van der Waals surface area contributed by atoms with Gasteiger partial charge in [-0.1, -0.05) is 22.0 Å². The summed E-state index contributed by atoms with van der Waals surface area (Å²) in [5.41, 5.74) is 6.47. The van der Waals surface area contributed by atoms with Crippen LogP contribution in [-0.4, -0.2) is 21.1 Å². The zero-order valence-electron chi connectivity index (χ0n) is 10.6. The van der Waals surface area contributed by atoms with Crippen LogP contribution in [0.25, 0.3) is 0 Å². The molecule has 2 aromatic rings. The van der Waals surface area contributed by atoms with Crippen molar-refractivity contribution in [1.82, 2.24) is 15.0 Å². The van der Waals surface area contributed by atoms with Crippen LogP contribution >= 0.6 is 15.9 Å². The van der Waals surface area contributed by atoms with Gasteiger partial charge in [0.25, 0.3) is 0 Å². The number of rotatable bonds is 4. The fourth-order valence-electron chi connectivity index (χ4n) is 1.39. The quantitative estimate of drug-likeness (QED) is 0.899. The Bertz CT molecular complexity index is 576. The maximum Gasteiger partial charge on any atom is 0.323 e. The minimum atomic E-state index is -0.0273. The molecular formula is C12H14BrN5O. The van der Waals surface area contributed by atoms with Gasteiger partial charge in [0.15, 0.2) is 0 Å². The van der Waals surface area contributed by atoms with Gasteiger partial charge in [-0.3, -0.25) is 0 Å². The van der Waals surface area contributed by atoms with E-state index < -0.39 is 0 Å². The lowest BCUT2D eigenvalue weighted by Crippen LogP contribution is -2.11. The van der Waals surface area contributed by atoms with Crippen molar-refractivity contribution in [3.05, 3.63) is 28.7 Å². The Morgan fingerprint density at radius 1 is 1.26 bits per heavy atom. The van der Waals surface area contributed by atoms with E-state index >= 15 is 0 Å². The van der Waals surface area contributed by atoms with Gasteiger partial charge >= 0.3 is 6.01 Å². The van der Waals surface area contributed by atoms with Crippen LogP contribution in [0.3, 0.4) is 0 Å². The molecule has 0 radical (unpaired) electrons. The molecule has 0 atom stereocenters. The number of aromatic nitrogens is 3. The summed E-state index contributed by atoms with van der Waals surface area (Å²) < 4.78 is 6.36. The second-order valence-electron chi connectivity index (χ2n) is 4.10. The fraction of sp³-hybridized carbons (Fsp3) is 0.250. The largest absolute Gasteiger partial charge is 0.461 e. The predicted octanol–water partition coefficient (Wildman–Crippen LogP) is 2.75. The molecule has 0 saturated heterocycles. The molecule has 0 saturated carbocycles. The maximum absolute atomic E-state index is 5.63. The Kier molecular flexibility index (Phi) is 4.16. The van der Waals surface area contributed by atoms with Gasteiger partial charge < -0.3 is 15.8 Å². The second kappa shape index (κ2) is 5.83. The van der Waals surface area contributed by atoms with Crippen LogP contribution in [0.15, 0.2) is 28.7 Å². The predicted molar refractivity (Wildman–Crippen MR) is 77.4 cm³/mol. The van der Waals surface area contributed by atoms with Gasteiger partial charge in [0.1, 0.15) is 0 Å². The number of anilines is 3. The number of ether oxygens (including phenoxy) is 1. The SMILES string of the molecule is CC(C)Oc1nc(N)nc(Nc2cccc(Br)c2)n1. The summed E-state index contributed by atoms with van der Waals surface area (Å²) >= 11 is 3.39. The van der Waals surface area contributed by atoms with Crippen LogP contribution in [0.2, 0.25) is 0 Å². The van der Waals surface area contributed by atoms with E-state index in [-0.39, 0.29) is 18.1 Å². The molecule has 0 fully saturated rings. The summed E-state index contributed by atoms with van der Waals surface area (Å²) in [7, 11) is 0. The van der Waals surface area contributed by atoms with E-state index in [9.17, 15) is 0 Å². The Labute approximate surface area is 119 Å². The summed E-state index contributed by atoms with van der Waals surface area (Å²) in [5.74, 6) is 0.462. The molecule has 100 valence electrons. The van der Waals surface area contributed by atoms with Crippen LogP contribution in [0.1, 0.15) is 13.8 Å². The van der Waals surface area contributed by atoms with E-state index in [2.05, 4.69) is 36.2 Å². The van der Waals surface area contributed by atoms with Crippen molar-refractivity contribution in [2.75, 3.05) is 11.1 Å². The first-order valence-corrected chi connectivity index (χ1v) is 6.53. The lowest BCUT2D eigenvalue weighted by atomic mass is 10.3. The van der Waals surface area contributed by atoms with E-state index in [1.54, 1.807) is 0 Å². The summed E-state index contributed by atoms with van der Waals surface area (Å²) in [6.45, 7) is 3.78. The third-order valence-electron chi connectivity index (χ3n) is 2.05. The number of benzene rings is 1. The van der Waals surface area contributed by atoms with Gasteiger partial charge in [0, 0.05) is 10.2 Å². The topological polar surface area (TPSA) is 86.0 Å². The Morgan fingerprint density at radius 3 is 2.74 bits per heavy atom. The second-order valence-corrected chi connectivity index (χ2v) is 5.02. The molecule has 0 spiro atoms. The van der Waals surface area contributed by atoms with Crippen molar-refractivity contribution < 1.29 is 4.74 Å². The van der Waals surface area contributed by atoms with Gasteiger partial charge in [-0.15, -0.1) is 0 Å². The molecule has 0 bridgehead atoms. The molecule has 0 unspecified atom stereocenters. The first-order valence-electron chi connectivity index (χ1n) is 5.74. The smallest absolute Gasteiger partial charge is 0.323 e. The van der Waals surface area contributed by atoms with Crippen molar-refractivity contribution in [2.45, 2.75) is 20.0 Å². The average Bonchev–Trinajstić information content (AvgIpc) is 2.26. The summed E-state index contributed by atoms with van der Waals surface area (Å²) in [6, 6.07) is 7.85. The highest BCUT2D eigenvalue weighted by molar-refractivity contribution is 9.10. The highest BCUT2D eigenvalue weighted by Gasteiger charge is 2.07. The lowest BCUT2D eigenvalue weighted by Gasteiger charge is -2.10. The number of halogens is 1. The Balaban J connectivity index is 2.22. The third-order valence-corrected chi connectivity index (χ3v) is 2.55. The van der Waals surface area contributed by atoms with Gasteiger partial charge in [-0.2, -0.15) is 15.0 Å². The Hall–Kier alpha value is -1.89. The molecule has 6 nitrogen and oxygen atoms in total. The van der Waals surface area contributed by atoms with Crippen LogP contribution in [-0.2, 0) is 0 Å². The van der Waals surface area contributed by atoms with Crippen molar-refractivity contribution in [1.29, 1.82) is 0 Å². The summed E-state index contributed by atoms with van der Waals surface area (Å²) in [4.78, 5) is 12.1. The minimum Gasteiger partial charge on any atom is -0.461 e. The molecule has 0 aliphatic heterocycles. The van der Waals surface area contributed by atoms with Crippen molar-refractivity contribution in [3.63, 3.8) is 0 Å². The normalized spacial score (nSPS) is 10.5. The number of nitrogens with one attached hydrogen (secondary N) is 1. The fourth-order valence-corrected chi connectivity index (χ4v) is 1.79. The minimum absolute atomic E-state index is 0.0273. The van der Waals surface area contributed by atoms with Crippen LogP contribution in [0.4, 0.5) is 17.6 Å². The number of nitrogens with zero attached hydrogens (tertiary/aromatic N) is 3. The zero-order valence-corrected chi connectivity index (χ0v) is 12.2. The van der Waals surface area contributed by atoms with E-state index in [4.69, 9.17) is 10.5 Å². The van der Waals surface area contributed by atoms with E-state index in [0.29, 0.717) is 5.95 Å². The van der Waals surface area contributed by atoms with Gasteiger partial charge in [-0.25, -0.2) is 0 Å².